The summed E-state index contributed by atoms with van der Waals surface area (Å²) in [6.45, 7) is 2.03. The summed E-state index contributed by atoms with van der Waals surface area (Å²) < 4.78 is 16.3. The maximum atomic E-state index is 13.3. The second-order valence-corrected chi connectivity index (χ2v) is 6.15. The molecule has 5 nitrogen and oxygen atoms in total. The average Bonchev–Trinajstić information content (AvgIpc) is 3.06. The van der Waals surface area contributed by atoms with Crippen molar-refractivity contribution in [3.05, 3.63) is 36.5 Å². The van der Waals surface area contributed by atoms with Gasteiger partial charge in [-0.1, -0.05) is 18.2 Å². The Morgan fingerprint density at radius 2 is 2.09 bits per heavy atom. The zero-order valence-electron chi connectivity index (χ0n) is 13.7. The van der Waals surface area contributed by atoms with E-state index in [1.807, 2.05) is 12.2 Å². The van der Waals surface area contributed by atoms with Crippen LogP contribution in [-0.4, -0.2) is 43.8 Å². The highest BCUT2D eigenvalue weighted by molar-refractivity contribution is 6.02. The normalized spacial score (nSPS) is 40.8. The predicted molar refractivity (Wildman–Crippen MR) is 83.6 cm³/mol. The first-order chi connectivity index (χ1) is 11.1. The maximum absolute atomic E-state index is 13.3. The van der Waals surface area contributed by atoms with Crippen molar-refractivity contribution in [2.24, 2.45) is 17.8 Å². The molecule has 4 aliphatic carbocycles. The maximum Gasteiger partial charge on any atom is 0.330 e. The van der Waals surface area contributed by atoms with Crippen LogP contribution < -0.4 is 0 Å². The Balaban J connectivity index is 2.04. The molecular weight excluding hydrogens is 296 g/mol. The molecule has 0 aromatic rings. The molecule has 0 saturated heterocycles. The number of hydrogen-bond acceptors (Lipinski definition) is 5. The van der Waals surface area contributed by atoms with E-state index in [0.717, 1.165) is 6.42 Å². The highest BCUT2D eigenvalue weighted by Gasteiger charge is 2.67. The van der Waals surface area contributed by atoms with Crippen molar-refractivity contribution in [3.63, 3.8) is 0 Å². The van der Waals surface area contributed by atoms with E-state index in [2.05, 4.69) is 12.2 Å². The van der Waals surface area contributed by atoms with Gasteiger partial charge < -0.3 is 14.2 Å². The van der Waals surface area contributed by atoms with Crippen molar-refractivity contribution in [3.8, 4) is 0 Å². The molecule has 23 heavy (non-hydrogen) atoms. The van der Waals surface area contributed by atoms with Crippen LogP contribution in [0.15, 0.2) is 36.5 Å². The predicted octanol–water partition coefficient (Wildman–Crippen LogP) is 1.84. The van der Waals surface area contributed by atoms with Gasteiger partial charge in [-0.3, -0.25) is 4.79 Å². The van der Waals surface area contributed by atoms with E-state index < -0.39 is 17.2 Å². The van der Waals surface area contributed by atoms with Crippen LogP contribution in [0, 0.1) is 17.8 Å². The van der Waals surface area contributed by atoms with Crippen molar-refractivity contribution >= 4 is 11.8 Å². The minimum Gasteiger partial charge on any atom is -0.463 e. The summed E-state index contributed by atoms with van der Waals surface area (Å²) in [7, 11) is 3.05. The molecule has 0 radical (unpaired) electrons. The lowest BCUT2D eigenvalue weighted by molar-refractivity contribution is -0.181. The molecule has 4 aliphatic rings. The second kappa shape index (κ2) is 5.73. The standard InChI is InChI=1S/C18H22O5/c1-4-23-15(19)9-11-18(22-3)14-8-10-17(21-2,16(18)20)13-7-5-6-12(13)14/h5,7-14H,4,6H2,1-3H3/b11-9+/t12-,13+,14-,17-,18+/m1/s1. The van der Waals surface area contributed by atoms with Gasteiger partial charge in [0.05, 0.1) is 6.61 Å². The smallest absolute Gasteiger partial charge is 0.330 e. The molecule has 0 aromatic carbocycles. The minimum atomic E-state index is -1.19. The number of Topliss-reactive ketones (excluding diaryl/α,β-unsaturated/α-hetero) is 1. The molecule has 5 atom stereocenters. The van der Waals surface area contributed by atoms with E-state index in [1.54, 1.807) is 20.1 Å². The number of carbonyl (C=O) groups is 2. The van der Waals surface area contributed by atoms with Crippen molar-refractivity contribution in [2.45, 2.75) is 24.5 Å². The summed E-state index contributed by atoms with van der Waals surface area (Å²) in [5, 5.41) is 0. The SMILES string of the molecule is CCOC(=O)/C=C/[C@@]1(OC)C(=O)[C@@]2(OC)C=C[C@@H]1[C@@H]1CC=C[C@@H]12. The molecule has 0 N–H and O–H groups in total. The highest BCUT2D eigenvalue weighted by Crippen LogP contribution is 2.56. The van der Waals surface area contributed by atoms with Crippen LogP contribution in [0.4, 0.5) is 0 Å². The highest BCUT2D eigenvalue weighted by atomic mass is 16.5. The number of methoxy groups -OCH3 is 2. The van der Waals surface area contributed by atoms with Gasteiger partial charge in [-0.25, -0.2) is 4.79 Å². The Morgan fingerprint density at radius 3 is 2.74 bits per heavy atom. The number of carbonyl (C=O) groups excluding carboxylic acids is 2. The molecule has 0 amide bonds. The van der Waals surface area contributed by atoms with E-state index >= 15 is 0 Å². The average molecular weight is 318 g/mol. The first-order valence-corrected chi connectivity index (χ1v) is 7.93. The van der Waals surface area contributed by atoms with Gasteiger partial charge in [0.15, 0.2) is 11.2 Å². The third-order valence-electron chi connectivity index (χ3n) is 5.35. The van der Waals surface area contributed by atoms with E-state index in [4.69, 9.17) is 14.2 Å². The first kappa shape index (κ1) is 16.1. The van der Waals surface area contributed by atoms with E-state index in [-0.39, 0.29) is 30.1 Å². The van der Waals surface area contributed by atoms with Crippen molar-refractivity contribution in [2.75, 3.05) is 20.8 Å². The molecule has 0 unspecified atom stereocenters. The number of allylic oxidation sites excluding steroid dienone is 1. The number of esters is 1. The van der Waals surface area contributed by atoms with Gasteiger partial charge in [0.2, 0.25) is 5.78 Å². The van der Waals surface area contributed by atoms with Crippen LogP contribution in [-0.2, 0) is 23.8 Å². The quantitative estimate of drug-likeness (QED) is 0.440. The molecule has 0 heterocycles. The molecule has 124 valence electrons. The lowest BCUT2D eigenvalue weighted by Crippen LogP contribution is -2.69. The number of hydrogen-bond donors (Lipinski definition) is 0. The zero-order chi connectivity index (χ0) is 16.7. The van der Waals surface area contributed by atoms with Crippen LogP contribution in [0.25, 0.3) is 0 Å². The molecule has 1 fully saturated rings. The van der Waals surface area contributed by atoms with Gasteiger partial charge in [-0.2, -0.15) is 0 Å². The van der Waals surface area contributed by atoms with Crippen LogP contribution in [0.1, 0.15) is 13.3 Å². The lowest BCUT2D eigenvalue weighted by atomic mass is 9.53. The Hall–Kier alpha value is -1.72. The Kier molecular flexibility index (Phi) is 4.02. The fourth-order valence-corrected chi connectivity index (χ4v) is 4.31. The van der Waals surface area contributed by atoms with Gasteiger partial charge in [0, 0.05) is 32.1 Å². The summed E-state index contributed by atoms with van der Waals surface area (Å²) in [4.78, 5) is 25.0. The fraction of sp³-hybridized carbons (Fsp3) is 0.556. The second-order valence-electron chi connectivity index (χ2n) is 6.15. The molecule has 1 saturated carbocycles. The van der Waals surface area contributed by atoms with Gasteiger partial charge in [-0.05, 0) is 31.4 Å². The minimum absolute atomic E-state index is 0.0225. The molecular formula is C18H22O5. The monoisotopic (exact) mass is 318 g/mol. The summed E-state index contributed by atoms with van der Waals surface area (Å²) >= 11 is 0. The van der Waals surface area contributed by atoms with Crippen LogP contribution in [0.3, 0.4) is 0 Å². The molecule has 0 aromatic heterocycles. The van der Waals surface area contributed by atoms with Gasteiger partial charge in [-0.15, -0.1) is 0 Å². The van der Waals surface area contributed by atoms with Gasteiger partial charge >= 0.3 is 5.97 Å². The largest absolute Gasteiger partial charge is 0.463 e. The molecule has 0 spiro atoms. The van der Waals surface area contributed by atoms with Crippen molar-refractivity contribution in [1.82, 2.24) is 0 Å². The zero-order valence-corrected chi connectivity index (χ0v) is 13.7. The van der Waals surface area contributed by atoms with Gasteiger partial charge in [0.1, 0.15) is 0 Å². The molecule has 0 aliphatic heterocycles. The molecule has 5 heteroatoms. The number of ketones is 1. The van der Waals surface area contributed by atoms with E-state index in [0.29, 0.717) is 0 Å². The number of fused-ring (bicyclic) bond motifs is 1. The van der Waals surface area contributed by atoms with Crippen LogP contribution >= 0.6 is 0 Å². The Labute approximate surface area is 136 Å². The summed E-state index contributed by atoms with van der Waals surface area (Å²) in [6, 6.07) is 0. The number of ether oxygens (including phenoxy) is 3. The van der Waals surface area contributed by atoms with E-state index in [9.17, 15) is 9.59 Å². The van der Waals surface area contributed by atoms with Crippen molar-refractivity contribution in [1.29, 1.82) is 0 Å². The summed E-state index contributed by atoms with van der Waals surface area (Å²) in [5.41, 5.74) is -2.22. The molecule has 4 rings (SSSR count). The topological polar surface area (TPSA) is 61.8 Å². The van der Waals surface area contributed by atoms with Crippen molar-refractivity contribution < 1.29 is 23.8 Å². The molecule has 2 bridgehead atoms. The van der Waals surface area contributed by atoms with Crippen LogP contribution in [0.5, 0.6) is 0 Å². The third kappa shape index (κ3) is 2.07. The van der Waals surface area contributed by atoms with E-state index in [1.165, 1.54) is 13.2 Å². The Morgan fingerprint density at radius 1 is 1.30 bits per heavy atom. The fourth-order valence-electron chi connectivity index (χ4n) is 4.31. The first-order valence-electron chi connectivity index (χ1n) is 7.93. The van der Waals surface area contributed by atoms with Gasteiger partial charge in [0.25, 0.3) is 0 Å². The third-order valence-corrected chi connectivity index (χ3v) is 5.35. The van der Waals surface area contributed by atoms with Crippen LogP contribution in [0.2, 0.25) is 0 Å². The lowest BCUT2D eigenvalue weighted by Gasteiger charge is -2.55. The number of rotatable bonds is 5. The summed E-state index contributed by atoms with van der Waals surface area (Å²) in [6.07, 6.45) is 11.7. The Bertz CT molecular complexity index is 605. The summed E-state index contributed by atoms with van der Waals surface area (Å²) in [5.74, 6) is -0.507.